The Hall–Kier alpha value is -1.76. The number of hydrogen-bond donors (Lipinski definition) is 1. The standard InChI is InChI=1S/C18H22F3NO3/c1-17(2,3)25-16(23)22-10-4-5-11(22)9-18(24,8-10)12-6-14(20)15(21)7-13(12)19/h6-7,10-11,24H,4-5,8-9H2,1-3H3. The lowest BCUT2D eigenvalue weighted by Gasteiger charge is -2.44. The summed E-state index contributed by atoms with van der Waals surface area (Å²) < 4.78 is 46.3. The van der Waals surface area contributed by atoms with Gasteiger partial charge in [0.25, 0.3) is 0 Å². The Kier molecular flexibility index (Phi) is 4.26. The number of fused-ring (bicyclic) bond motifs is 2. The summed E-state index contributed by atoms with van der Waals surface area (Å²) in [4.78, 5) is 14.0. The number of nitrogens with zero attached hydrogens (tertiary/aromatic N) is 1. The van der Waals surface area contributed by atoms with E-state index in [1.807, 2.05) is 0 Å². The highest BCUT2D eigenvalue weighted by Gasteiger charge is 2.52. The molecule has 1 N–H and O–H groups in total. The Morgan fingerprint density at radius 2 is 1.64 bits per heavy atom. The second kappa shape index (κ2) is 5.90. The van der Waals surface area contributed by atoms with Gasteiger partial charge in [-0.15, -0.1) is 0 Å². The summed E-state index contributed by atoms with van der Waals surface area (Å²) in [5.41, 5.74) is -2.54. The molecule has 25 heavy (non-hydrogen) atoms. The smallest absolute Gasteiger partial charge is 0.410 e. The number of benzene rings is 1. The van der Waals surface area contributed by atoms with Crippen molar-refractivity contribution < 1.29 is 27.8 Å². The van der Waals surface area contributed by atoms with Gasteiger partial charge in [0.1, 0.15) is 11.4 Å². The maximum atomic E-state index is 14.1. The Labute approximate surface area is 144 Å². The summed E-state index contributed by atoms with van der Waals surface area (Å²) in [6.45, 7) is 5.30. The molecule has 1 aromatic carbocycles. The number of halogens is 3. The van der Waals surface area contributed by atoms with E-state index in [4.69, 9.17) is 4.74 Å². The van der Waals surface area contributed by atoms with Crippen molar-refractivity contribution in [2.45, 2.75) is 69.7 Å². The molecule has 2 saturated heterocycles. The van der Waals surface area contributed by atoms with Crippen LogP contribution in [-0.2, 0) is 10.3 Å². The van der Waals surface area contributed by atoms with Crippen LogP contribution >= 0.6 is 0 Å². The molecule has 138 valence electrons. The van der Waals surface area contributed by atoms with Gasteiger partial charge < -0.3 is 14.7 Å². The van der Waals surface area contributed by atoms with Crippen molar-refractivity contribution in [3.05, 3.63) is 35.1 Å². The van der Waals surface area contributed by atoms with Crippen molar-refractivity contribution in [1.29, 1.82) is 0 Å². The summed E-state index contributed by atoms with van der Waals surface area (Å²) in [5.74, 6) is -3.47. The Morgan fingerprint density at radius 1 is 1.12 bits per heavy atom. The molecular weight excluding hydrogens is 335 g/mol. The quantitative estimate of drug-likeness (QED) is 0.777. The zero-order chi connectivity index (χ0) is 18.6. The lowest BCUT2D eigenvalue weighted by Crippen LogP contribution is -2.53. The van der Waals surface area contributed by atoms with E-state index in [-0.39, 0.29) is 30.5 Å². The molecule has 1 aromatic rings. The third kappa shape index (κ3) is 3.34. The number of ether oxygens (including phenoxy) is 1. The fourth-order valence-corrected chi connectivity index (χ4v) is 3.94. The summed E-state index contributed by atoms with van der Waals surface area (Å²) >= 11 is 0. The molecule has 2 bridgehead atoms. The predicted molar refractivity (Wildman–Crippen MR) is 84.3 cm³/mol. The molecule has 0 aromatic heterocycles. The first-order valence-electron chi connectivity index (χ1n) is 8.39. The topological polar surface area (TPSA) is 49.8 Å². The van der Waals surface area contributed by atoms with Crippen molar-refractivity contribution in [3.63, 3.8) is 0 Å². The molecule has 2 atom stereocenters. The van der Waals surface area contributed by atoms with E-state index in [2.05, 4.69) is 0 Å². The average Bonchev–Trinajstić information content (AvgIpc) is 2.74. The third-order valence-corrected chi connectivity index (χ3v) is 4.88. The monoisotopic (exact) mass is 357 g/mol. The molecule has 2 aliphatic rings. The summed E-state index contributed by atoms with van der Waals surface area (Å²) in [5, 5.41) is 10.9. The van der Waals surface area contributed by atoms with Crippen LogP contribution in [0.25, 0.3) is 0 Å². The van der Waals surface area contributed by atoms with Gasteiger partial charge >= 0.3 is 6.09 Å². The molecular formula is C18H22F3NO3. The van der Waals surface area contributed by atoms with Crippen LogP contribution in [0, 0.1) is 17.5 Å². The van der Waals surface area contributed by atoms with Crippen molar-refractivity contribution in [2.75, 3.05) is 0 Å². The number of piperidine rings is 1. The van der Waals surface area contributed by atoms with Gasteiger partial charge in [0, 0.05) is 36.6 Å². The van der Waals surface area contributed by atoms with Crippen molar-refractivity contribution in [2.24, 2.45) is 0 Å². The zero-order valence-electron chi connectivity index (χ0n) is 14.5. The first kappa shape index (κ1) is 18.0. The molecule has 0 spiro atoms. The molecule has 7 heteroatoms. The SMILES string of the molecule is CC(C)(C)OC(=O)N1C2CCC1CC(O)(c1cc(F)c(F)cc1F)C2. The Bertz CT molecular complexity index is 688. The summed E-state index contributed by atoms with van der Waals surface area (Å²) in [6, 6.07) is 0.509. The molecule has 2 heterocycles. The maximum absolute atomic E-state index is 14.1. The normalized spacial score (nSPS) is 29.0. The largest absolute Gasteiger partial charge is 0.444 e. The highest BCUT2D eigenvalue weighted by molar-refractivity contribution is 5.69. The van der Waals surface area contributed by atoms with E-state index >= 15 is 0 Å². The molecule has 2 aliphatic heterocycles. The average molecular weight is 357 g/mol. The van der Waals surface area contributed by atoms with Gasteiger partial charge in [-0.3, -0.25) is 0 Å². The van der Waals surface area contributed by atoms with Crippen LogP contribution in [0.5, 0.6) is 0 Å². The number of rotatable bonds is 1. The van der Waals surface area contributed by atoms with Gasteiger partial charge in [-0.1, -0.05) is 0 Å². The highest BCUT2D eigenvalue weighted by atomic mass is 19.2. The fraction of sp³-hybridized carbons (Fsp3) is 0.611. The van der Waals surface area contributed by atoms with E-state index in [1.54, 1.807) is 25.7 Å². The summed E-state index contributed by atoms with van der Waals surface area (Å²) in [7, 11) is 0. The van der Waals surface area contributed by atoms with Crippen LogP contribution in [0.4, 0.5) is 18.0 Å². The number of carbonyl (C=O) groups is 1. The minimum Gasteiger partial charge on any atom is -0.444 e. The Morgan fingerprint density at radius 3 is 2.16 bits per heavy atom. The highest BCUT2D eigenvalue weighted by Crippen LogP contribution is 2.47. The molecule has 3 rings (SSSR count). The number of amides is 1. The zero-order valence-corrected chi connectivity index (χ0v) is 14.5. The minimum absolute atomic E-state index is 0.0603. The molecule has 2 fully saturated rings. The predicted octanol–water partition coefficient (Wildman–Crippen LogP) is 3.85. The maximum Gasteiger partial charge on any atom is 0.410 e. The minimum atomic E-state index is -1.64. The second-order valence-electron chi connectivity index (χ2n) is 7.96. The fourth-order valence-electron chi connectivity index (χ4n) is 3.94. The molecule has 1 amide bonds. The van der Waals surface area contributed by atoms with Gasteiger partial charge in [0.2, 0.25) is 0 Å². The van der Waals surface area contributed by atoms with Crippen molar-refractivity contribution >= 4 is 6.09 Å². The second-order valence-corrected chi connectivity index (χ2v) is 7.96. The van der Waals surface area contributed by atoms with E-state index in [0.29, 0.717) is 25.0 Å². The molecule has 4 nitrogen and oxygen atoms in total. The molecule has 2 unspecified atom stereocenters. The van der Waals surface area contributed by atoms with E-state index < -0.39 is 34.7 Å². The lowest BCUT2D eigenvalue weighted by atomic mass is 9.80. The van der Waals surface area contributed by atoms with Crippen LogP contribution < -0.4 is 0 Å². The first-order valence-corrected chi connectivity index (χ1v) is 8.39. The lowest BCUT2D eigenvalue weighted by molar-refractivity contribution is -0.0642. The van der Waals surface area contributed by atoms with Gasteiger partial charge in [0.05, 0.1) is 5.60 Å². The number of aliphatic hydroxyl groups is 1. The molecule has 0 aliphatic carbocycles. The van der Waals surface area contributed by atoms with Crippen molar-refractivity contribution in [3.8, 4) is 0 Å². The van der Waals surface area contributed by atoms with Gasteiger partial charge in [-0.2, -0.15) is 0 Å². The first-order chi connectivity index (χ1) is 11.5. The van der Waals surface area contributed by atoms with Crippen LogP contribution in [0.1, 0.15) is 52.0 Å². The van der Waals surface area contributed by atoms with Gasteiger partial charge in [0.15, 0.2) is 11.6 Å². The summed E-state index contributed by atoms with van der Waals surface area (Å²) in [6.07, 6.45) is 0.956. The van der Waals surface area contributed by atoms with Crippen molar-refractivity contribution in [1.82, 2.24) is 4.90 Å². The molecule has 0 saturated carbocycles. The third-order valence-electron chi connectivity index (χ3n) is 4.88. The van der Waals surface area contributed by atoms with E-state index in [1.165, 1.54) is 0 Å². The van der Waals surface area contributed by atoms with Crippen LogP contribution in [0.2, 0.25) is 0 Å². The molecule has 0 radical (unpaired) electrons. The van der Waals surface area contributed by atoms with E-state index in [0.717, 1.165) is 0 Å². The van der Waals surface area contributed by atoms with Crippen LogP contribution in [0.15, 0.2) is 12.1 Å². The van der Waals surface area contributed by atoms with Gasteiger partial charge in [-0.25, -0.2) is 18.0 Å². The van der Waals surface area contributed by atoms with Gasteiger partial charge in [-0.05, 0) is 39.7 Å². The van der Waals surface area contributed by atoms with E-state index in [9.17, 15) is 23.1 Å². The van der Waals surface area contributed by atoms with Crippen LogP contribution in [-0.4, -0.2) is 33.8 Å². The number of hydrogen-bond acceptors (Lipinski definition) is 3. The Balaban J connectivity index is 1.86. The number of carbonyl (C=O) groups excluding carboxylic acids is 1. The van der Waals surface area contributed by atoms with Crippen LogP contribution in [0.3, 0.4) is 0 Å².